The van der Waals surface area contributed by atoms with Crippen LogP contribution in [0.5, 0.6) is 0 Å². The lowest BCUT2D eigenvalue weighted by Gasteiger charge is -2.33. The molecule has 0 amide bonds. The number of benzene rings is 1. The van der Waals surface area contributed by atoms with E-state index in [9.17, 15) is 14.0 Å². The summed E-state index contributed by atoms with van der Waals surface area (Å²) >= 11 is 0. The zero-order valence-electron chi connectivity index (χ0n) is 15.2. The van der Waals surface area contributed by atoms with Crippen LogP contribution in [0.15, 0.2) is 30.3 Å². The quantitative estimate of drug-likeness (QED) is 0.395. The lowest BCUT2D eigenvalue weighted by Crippen LogP contribution is -2.29. The van der Waals surface area contributed by atoms with Gasteiger partial charge in [0.15, 0.2) is 0 Å². The highest BCUT2D eigenvalue weighted by atomic mass is 31.2. The molecule has 1 N–H and O–H groups in total. The van der Waals surface area contributed by atoms with Gasteiger partial charge in [-0.25, -0.2) is 0 Å². The second kappa shape index (κ2) is 11.3. The largest absolute Gasteiger partial charge is 0.377 e. The van der Waals surface area contributed by atoms with Gasteiger partial charge in [-0.3, -0.25) is 4.57 Å². The summed E-state index contributed by atoms with van der Waals surface area (Å²) in [6.07, 6.45) is 0.784. The molecule has 1 rings (SSSR count). The lowest BCUT2D eigenvalue weighted by molar-refractivity contribution is 0.0358. The van der Waals surface area contributed by atoms with Gasteiger partial charge in [-0.1, -0.05) is 37.3 Å². The average Bonchev–Trinajstić information content (AvgIpc) is 2.60. The van der Waals surface area contributed by atoms with Crippen molar-refractivity contribution in [3.63, 3.8) is 0 Å². The molecule has 1 aromatic rings. The van der Waals surface area contributed by atoms with E-state index in [1.807, 2.05) is 37.3 Å². The van der Waals surface area contributed by atoms with Gasteiger partial charge in [0.25, 0.3) is 0 Å². The van der Waals surface area contributed by atoms with E-state index >= 15 is 0 Å². The molecule has 25 heavy (non-hydrogen) atoms. The summed E-state index contributed by atoms with van der Waals surface area (Å²) in [7, 11) is -5.83. The maximum atomic E-state index is 12.7. The third kappa shape index (κ3) is 6.97. The van der Waals surface area contributed by atoms with Crippen LogP contribution in [-0.4, -0.2) is 29.3 Å². The summed E-state index contributed by atoms with van der Waals surface area (Å²) in [5.74, 6) is 0. The van der Waals surface area contributed by atoms with Gasteiger partial charge in [-0.05, 0) is 38.7 Å². The predicted octanol–water partition coefficient (Wildman–Crippen LogP) is 4.43. The number of hydrogen-bond donors (Lipinski definition) is 1. The monoisotopic (exact) mass is 392 g/mol. The topological polar surface area (TPSA) is 82.1 Å². The molecule has 0 saturated carbocycles. The zero-order chi connectivity index (χ0) is 18.8. The van der Waals surface area contributed by atoms with Crippen molar-refractivity contribution in [3.05, 3.63) is 35.9 Å². The van der Waals surface area contributed by atoms with Crippen molar-refractivity contribution in [1.82, 2.24) is 0 Å². The Labute approximate surface area is 151 Å². The summed E-state index contributed by atoms with van der Waals surface area (Å²) in [5.41, 5.74) is 1.06. The first-order chi connectivity index (χ1) is 11.9. The molecule has 144 valence electrons. The van der Waals surface area contributed by atoms with Crippen LogP contribution < -0.4 is 0 Å². The van der Waals surface area contributed by atoms with E-state index in [0.717, 1.165) is 5.56 Å². The lowest BCUT2D eigenvalue weighted by atomic mass is 10.2. The molecule has 0 heterocycles. The Morgan fingerprint density at radius 3 is 2.52 bits per heavy atom. The number of rotatable bonds is 13. The molecule has 4 atom stereocenters. The zero-order valence-corrected chi connectivity index (χ0v) is 17.3. The standard InChI is InChI=1S/C17H30O6P2/c1-4-15(3)23-25(19,20)17(24-18,22-5-2)12-9-13-21-14-16-10-7-6-8-11-16/h6-8,10-11,15H,4-5,9,12-14,24H2,1-3H3,(H,19,20). The molecule has 0 saturated heterocycles. The Morgan fingerprint density at radius 2 is 1.96 bits per heavy atom. The fraction of sp³-hybridized carbons (Fsp3) is 0.647. The molecule has 0 spiro atoms. The maximum Gasteiger partial charge on any atom is 0.366 e. The summed E-state index contributed by atoms with van der Waals surface area (Å²) in [6.45, 7) is 6.31. The van der Waals surface area contributed by atoms with E-state index in [4.69, 9.17) is 14.0 Å². The Morgan fingerprint density at radius 1 is 1.28 bits per heavy atom. The Bertz CT molecular complexity index is 553. The summed E-state index contributed by atoms with van der Waals surface area (Å²) in [6, 6.07) is 9.75. The Hall–Kier alpha value is -0.480. The van der Waals surface area contributed by atoms with Crippen LogP contribution in [0.2, 0.25) is 0 Å². The first-order valence-electron chi connectivity index (χ1n) is 8.64. The summed E-state index contributed by atoms with van der Waals surface area (Å²) < 4.78 is 40.9. The number of ether oxygens (including phenoxy) is 2. The average molecular weight is 392 g/mol. The maximum absolute atomic E-state index is 12.7. The van der Waals surface area contributed by atoms with Gasteiger partial charge in [0, 0.05) is 13.2 Å². The minimum Gasteiger partial charge on any atom is -0.377 e. The van der Waals surface area contributed by atoms with Crippen LogP contribution >= 0.6 is 16.1 Å². The van der Waals surface area contributed by atoms with Crippen molar-refractivity contribution in [2.75, 3.05) is 13.2 Å². The Balaban J connectivity index is 2.62. The molecule has 0 aliphatic carbocycles. The highest BCUT2D eigenvalue weighted by Crippen LogP contribution is 2.64. The van der Waals surface area contributed by atoms with Gasteiger partial charge in [-0.15, -0.1) is 0 Å². The SMILES string of the molecule is CCOC(CCCOCc1ccccc1)([PH2]=O)P(=O)(O)OC(C)CC. The van der Waals surface area contributed by atoms with Crippen molar-refractivity contribution >= 4 is 16.1 Å². The molecule has 0 radical (unpaired) electrons. The van der Waals surface area contributed by atoms with Gasteiger partial charge in [0.1, 0.15) is 8.46 Å². The molecular formula is C17H30O6P2. The van der Waals surface area contributed by atoms with Crippen molar-refractivity contribution in [2.24, 2.45) is 0 Å². The van der Waals surface area contributed by atoms with E-state index in [0.29, 0.717) is 26.1 Å². The second-order valence-electron chi connectivity index (χ2n) is 5.88. The van der Waals surface area contributed by atoms with Crippen LogP contribution in [0.3, 0.4) is 0 Å². The summed E-state index contributed by atoms with van der Waals surface area (Å²) in [5, 5.41) is -1.64. The fourth-order valence-electron chi connectivity index (χ4n) is 2.30. The minimum absolute atomic E-state index is 0.151. The molecule has 4 unspecified atom stereocenters. The molecule has 0 bridgehead atoms. The highest BCUT2D eigenvalue weighted by Gasteiger charge is 2.50. The van der Waals surface area contributed by atoms with Gasteiger partial charge in [0.05, 0.1) is 12.7 Å². The second-order valence-corrected chi connectivity index (χ2v) is 9.54. The fourth-order valence-corrected chi connectivity index (χ4v) is 5.12. The molecule has 1 aromatic carbocycles. The van der Waals surface area contributed by atoms with Crippen LogP contribution in [0, 0.1) is 0 Å². The molecular weight excluding hydrogens is 362 g/mol. The molecule has 0 fully saturated rings. The molecule has 8 heteroatoms. The van der Waals surface area contributed by atoms with E-state index < -0.39 is 27.2 Å². The highest BCUT2D eigenvalue weighted by molar-refractivity contribution is 7.63. The van der Waals surface area contributed by atoms with Crippen LogP contribution in [0.25, 0.3) is 0 Å². The van der Waals surface area contributed by atoms with Gasteiger partial charge in [0.2, 0.25) is 5.08 Å². The molecule has 0 aromatic heterocycles. The summed E-state index contributed by atoms with van der Waals surface area (Å²) in [4.78, 5) is 10.4. The third-order valence-electron chi connectivity index (χ3n) is 3.89. The van der Waals surface area contributed by atoms with Gasteiger partial charge in [-0.2, -0.15) is 0 Å². The molecule has 6 nitrogen and oxygen atoms in total. The first kappa shape index (κ1) is 22.6. The van der Waals surface area contributed by atoms with Crippen molar-refractivity contribution < 1.29 is 28.0 Å². The van der Waals surface area contributed by atoms with Crippen LogP contribution in [0.1, 0.15) is 45.6 Å². The van der Waals surface area contributed by atoms with Crippen molar-refractivity contribution in [1.29, 1.82) is 0 Å². The Kier molecular flexibility index (Phi) is 10.2. The van der Waals surface area contributed by atoms with E-state index in [1.165, 1.54) is 0 Å². The first-order valence-corrected chi connectivity index (χ1v) is 11.3. The van der Waals surface area contributed by atoms with Crippen LogP contribution in [-0.2, 0) is 29.7 Å². The van der Waals surface area contributed by atoms with E-state index in [2.05, 4.69) is 0 Å². The van der Waals surface area contributed by atoms with E-state index in [-0.39, 0.29) is 13.0 Å². The third-order valence-corrected chi connectivity index (χ3v) is 7.96. The smallest absolute Gasteiger partial charge is 0.366 e. The van der Waals surface area contributed by atoms with Crippen LogP contribution in [0.4, 0.5) is 0 Å². The van der Waals surface area contributed by atoms with Crippen molar-refractivity contribution in [2.45, 2.75) is 57.8 Å². The molecule has 0 aliphatic heterocycles. The molecule has 0 aliphatic rings. The normalized spacial score (nSPS) is 18.1. The predicted molar refractivity (Wildman–Crippen MR) is 101 cm³/mol. The number of hydrogen-bond acceptors (Lipinski definition) is 5. The van der Waals surface area contributed by atoms with Gasteiger partial charge >= 0.3 is 7.60 Å². The van der Waals surface area contributed by atoms with E-state index in [1.54, 1.807) is 13.8 Å². The van der Waals surface area contributed by atoms with Gasteiger partial charge < -0.3 is 23.5 Å². The van der Waals surface area contributed by atoms with Crippen molar-refractivity contribution in [3.8, 4) is 0 Å². The minimum atomic E-state index is -4.18.